The monoisotopic (exact) mass is 377 g/mol. The van der Waals surface area contributed by atoms with Gasteiger partial charge in [0, 0.05) is 41.7 Å². The molecule has 1 aliphatic carbocycles. The largest absolute Gasteiger partial charge is 0.373 e. The highest BCUT2D eigenvalue weighted by Gasteiger charge is 2.30. The second-order valence-electron chi connectivity index (χ2n) is 6.73. The predicted octanol–water partition coefficient (Wildman–Crippen LogP) is 2.87. The second kappa shape index (κ2) is 6.22. The number of anilines is 2. The number of fused-ring (bicyclic) bond motifs is 2. The predicted molar refractivity (Wildman–Crippen MR) is 102 cm³/mol. The third-order valence-electron chi connectivity index (χ3n) is 4.74. The van der Waals surface area contributed by atoms with Crippen LogP contribution in [-0.2, 0) is 4.79 Å². The van der Waals surface area contributed by atoms with Crippen molar-refractivity contribution in [2.24, 2.45) is 5.92 Å². The van der Waals surface area contributed by atoms with E-state index in [-0.39, 0.29) is 11.8 Å². The lowest BCUT2D eigenvalue weighted by Gasteiger charge is -2.10. The number of nitrogens with one attached hydrogen (secondary N) is 2. The lowest BCUT2D eigenvalue weighted by Crippen LogP contribution is -2.14. The Labute approximate surface area is 158 Å². The number of carbonyl (C=O) groups is 1. The molecule has 2 N–H and O–H groups in total. The van der Waals surface area contributed by atoms with E-state index >= 15 is 0 Å². The zero-order valence-corrected chi connectivity index (χ0v) is 15.0. The highest BCUT2D eigenvalue weighted by atomic mass is 19.1. The molecule has 140 valence electrons. The summed E-state index contributed by atoms with van der Waals surface area (Å²) in [6.45, 7) is 0. The maximum atomic E-state index is 13.5. The summed E-state index contributed by atoms with van der Waals surface area (Å²) in [4.78, 5) is 25.3. The van der Waals surface area contributed by atoms with Gasteiger partial charge in [0.2, 0.25) is 5.91 Å². The van der Waals surface area contributed by atoms with Gasteiger partial charge in [-0.15, -0.1) is 5.10 Å². The Morgan fingerprint density at radius 2 is 2.07 bits per heavy atom. The second-order valence-corrected chi connectivity index (χ2v) is 6.73. The van der Waals surface area contributed by atoms with Gasteiger partial charge >= 0.3 is 0 Å². The Bertz CT molecular complexity index is 1230. The van der Waals surface area contributed by atoms with E-state index in [0.29, 0.717) is 28.7 Å². The van der Waals surface area contributed by atoms with Crippen molar-refractivity contribution in [2.45, 2.75) is 12.8 Å². The fraction of sp³-hybridized carbons (Fsp3) is 0.211. The average molecular weight is 377 g/mol. The SMILES string of the molecule is CNc1ncc(-c2nc3ccc(F)cn3n2)c2cc(NC(=O)C3CC3)ncc12. The molecular weight excluding hydrogens is 361 g/mol. The summed E-state index contributed by atoms with van der Waals surface area (Å²) in [6.07, 6.45) is 6.42. The average Bonchev–Trinajstić information content (AvgIpc) is 3.47. The molecule has 4 aromatic rings. The van der Waals surface area contributed by atoms with Gasteiger partial charge in [-0.1, -0.05) is 0 Å². The number of aromatic nitrogens is 5. The molecule has 0 saturated heterocycles. The Kier molecular flexibility index (Phi) is 3.68. The fourth-order valence-corrected chi connectivity index (χ4v) is 3.13. The molecule has 8 nitrogen and oxygen atoms in total. The van der Waals surface area contributed by atoms with Crippen LogP contribution >= 0.6 is 0 Å². The first-order valence-electron chi connectivity index (χ1n) is 8.92. The third-order valence-corrected chi connectivity index (χ3v) is 4.74. The molecule has 0 aromatic carbocycles. The van der Waals surface area contributed by atoms with Crippen molar-refractivity contribution in [1.82, 2.24) is 24.6 Å². The molecule has 0 aliphatic heterocycles. The molecule has 1 fully saturated rings. The van der Waals surface area contributed by atoms with Crippen LogP contribution in [0.25, 0.3) is 27.8 Å². The summed E-state index contributed by atoms with van der Waals surface area (Å²) in [5.41, 5.74) is 1.20. The number of pyridine rings is 3. The van der Waals surface area contributed by atoms with Gasteiger partial charge in [-0.3, -0.25) is 4.79 Å². The van der Waals surface area contributed by atoms with Crippen molar-refractivity contribution in [3.05, 3.63) is 42.6 Å². The molecule has 0 spiro atoms. The van der Waals surface area contributed by atoms with Crippen LogP contribution in [0.4, 0.5) is 16.0 Å². The van der Waals surface area contributed by atoms with E-state index < -0.39 is 5.82 Å². The molecular formula is C19H16FN7O. The molecule has 5 rings (SSSR count). The van der Waals surface area contributed by atoms with E-state index in [9.17, 15) is 9.18 Å². The minimum atomic E-state index is -0.397. The van der Waals surface area contributed by atoms with Crippen LogP contribution in [0, 0.1) is 11.7 Å². The fourth-order valence-electron chi connectivity index (χ4n) is 3.13. The van der Waals surface area contributed by atoms with Crippen molar-refractivity contribution in [3.63, 3.8) is 0 Å². The highest BCUT2D eigenvalue weighted by Crippen LogP contribution is 2.33. The molecule has 0 atom stereocenters. The Morgan fingerprint density at radius 1 is 1.21 bits per heavy atom. The molecule has 4 aromatic heterocycles. The minimum absolute atomic E-state index is 0.0161. The number of halogens is 1. The van der Waals surface area contributed by atoms with Crippen molar-refractivity contribution < 1.29 is 9.18 Å². The highest BCUT2D eigenvalue weighted by molar-refractivity contribution is 6.03. The lowest BCUT2D eigenvalue weighted by molar-refractivity contribution is -0.117. The van der Waals surface area contributed by atoms with Gasteiger partial charge in [-0.05, 0) is 31.0 Å². The van der Waals surface area contributed by atoms with E-state index in [4.69, 9.17) is 0 Å². The maximum Gasteiger partial charge on any atom is 0.228 e. The van der Waals surface area contributed by atoms with E-state index in [0.717, 1.165) is 23.6 Å². The summed E-state index contributed by atoms with van der Waals surface area (Å²) in [7, 11) is 1.77. The Balaban J connectivity index is 1.66. The number of hydrogen-bond acceptors (Lipinski definition) is 6. The van der Waals surface area contributed by atoms with Gasteiger partial charge in [-0.2, -0.15) is 0 Å². The first kappa shape index (κ1) is 16.5. The first-order valence-corrected chi connectivity index (χ1v) is 8.92. The van der Waals surface area contributed by atoms with Crippen molar-refractivity contribution in [2.75, 3.05) is 17.7 Å². The standard InChI is InChI=1S/C19H16FN7O/c1-21-17-13-7-22-15(24-19(28)10-2-3-10)6-12(13)14(8-23-17)18-25-16-5-4-11(20)9-27(16)26-18/h4-10H,2-3H2,1H3,(H,21,23)(H,22,24,28). The topological polar surface area (TPSA) is 97.1 Å². The van der Waals surface area contributed by atoms with E-state index in [1.54, 1.807) is 31.6 Å². The van der Waals surface area contributed by atoms with E-state index in [1.807, 2.05) is 0 Å². The van der Waals surface area contributed by atoms with Crippen LogP contribution in [-0.4, -0.2) is 37.5 Å². The van der Waals surface area contributed by atoms with Gasteiger partial charge in [0.15, 0.2) is 11.5 Å². The molecule has 9 heteroatoms. The molecule has 28 heavy (non-hydrogen) atoms. The zero-order valence-electron chi connectivity index (χ0n) is 15.0. The Hall–Kier alpha value is -3.62. The quantitative estimate of drug-likeness (QED) is 0.568. The molecule has 0 radical (unpaired) electrons. The normalized spacial score (nSPS) is 13.8. The smallest absolute Gasteiger partial charge is 0.228 e. The van der Waals surface area contributed by atoms with Gasteiger partial charge in [0.1, 0.15) is 17.5 Å². The summed E-state index contributed by atoms with van der Waals surface area (Å²) in [5, 5.41) is 11.8. The summed E-state index contributed by atoms with van der Waals surface area (Å²) in [5.74, 6) is 1.20. The molecule has 1 saturated carbocycles. The molecule has 4 heterocycles. The third kappa shape index (κ3) is 2.81. The Morgan fingerprint density at radius 3 is 2.86 bits per heavy atom. The van der Waals surface area contributed by atoms with Gasteiger partial charge < -0.3 is 10.6 Å². The molecule has 0 unspecified atom stereocenters. The number of rotatable bonds is 4. The van der Waals surface area contributed by atoms with Crippen LogP contribution in [0.2, 0.25) is 0 Å². The minimum Gasteiger partial charge on any atom is -0.373 e. The first-order chi connectivity index (χ1) is 13.6. The maximum absolute atomic E-state index is 13.5. The van der Waals surface area contributed by atoms with E-state index in [1.165, 1.54) is 16.8 Å². The van der Waals surface area contributed by atoms with Crippen molar-refractivity contribution in [1.29, 1.82) is 0 Å². The lowest BCUT2D eigenvalue weighted by atomic mass is 10.1. The molecule has 0 bridgehead atoms. The van der Waals surface area contributed by atoms with Crippen LogP contribution in [0.3, 0.4) is 0 Å². The number of nitrogens with zero attached hydrogens (tertiary/aromatic N) is 5. The van der Waals surface area contributed by atoms with Crippen LogP contribution in [0.5, 0.6) is 0 Å². The summed E-state index contributed by atoms with van der Waals surface area (Å²) < 4.78 is 14.9. The summed E-state index contributed by atoms with van der Waals surface area (Å²) in [6, 6.07) is 4.69. The van der Waals surface area contributed by atoms with Gasteiger partial charge in [0.05, 0.1) is 6.20 Å². The zero-order chi connectivity index (χ0) is 19.3. The van der Waals surface area contributed by atoms with Gasteiger partial charge in [-0.25, -0.2) is 23.9 Å². The van der Waals surface area contributed by atoms with Crippen LogP contribution < -0.4 is 10.6 Å². The summed E-state index contributed by atoms with van der Waals surface area (Å²) >= 11 is 0. The number of hydrogen-bond donors (Lipinski definition) is 2. The number of amides is 1. The molecule has 1 amide bonds. The van der Waals surface area contributed by atoms with E-state index in [2.05, 4.69) is 30.7 Å². The number of carbonyl (C=O) groups excluding carboxylic acids is 1. The van der Waals surface area contributed by atoms with Crippen molar-refractivity contribution >= 4 is 34.0 Å². The van der Waals surface area contributed by atoms with Crippen LogP contribution in [0.15, 0.2) is 36.8 Å². The van der Waals surface area contributed by atoms with Crippen LogP contribution in [0.1, 0.15) is 12.8 Å². The van der Waals surface area contributed by atoms with Gasteiger partial charge in [0.25, 0.3) is 0 Å². The molecule has 1 aliphatic rings. The van der Waals surface area contributed by atoms with Crippen molar-refractivity contribution in [3.8, 4) is 11.4 Å².